The van der Waals surface area contributed by atoms with Crippen molar-refractivity contribution in [3.63, 3.8) is 0 Å². The van der Waals surface area contributed by atoms with E-state index in [1.54, 1.807) is 39.1 Å². The van der Waals surface area contributed by atoms with Crippen LogP contribution in [0.15, 0.2) is 71.1 Å². The van der Waals surface area contributed by atoms with Crippen molar-refractivity contribution < 1.29 is 36.1 Å². The smallest absolute Gasteiger partial charge is 0.455 e. The third kappa shape index (κ3) is 7.75. The number of furan rings is 1. The summed E-state index contributed by atoms with van der Waals surface area (Å²) < 4.78 is 69.6. The van der Waals surface area contributed by atoms with Gasteiger partial charge in [0.2, 0.25) is 10.0 Å². The Bertz CT molecular complexity index is 1960. The molecule has 1 aliphatic heterocycles. The number of carbonyl (C=O) groups is 1. The van der Waals surface area contributed by atoms with Crippen LogP contribution in [0.25, 0.3) is 22.3 Å². The van der Waals surface area contributed by atoms with Gasteiger partial charge in [0.05, 0.1) is 40.9 Å². The number of carbonyl (C=O) groups excluding carboxylic acids is 1. The number of halogens is 1. The maximum Gasteiger partial charge on any atom is 0.458 e. The number of benzene rings is 3. The summed E-state index contributed by atoms with van der Waals surface area (Å²) in [5, 5.41) is 2.55. The Morgan fingerprint density at radius 1 is 1.02 bits per heavy atom. The normalized spacial score (nSPS) is 17.6. The molecule has 1 aromatic heterocycles. The number of nitrogens with zero attached hydrogens (tertiary/aromatic N) is 1. The number of anilines is 1. The van der Waals surface area contributed by atoms with Crippen molar-refractivity contribution in [3.05, 3.63) is 89.2 Å². The molecule has 9 nitrogen and oxygen atoms in total. The molecule has 3 aromatic carbocycles. The topological polar surface area (TPSA) is 107 Å². The molecule has 12 heteroatoms. The van der Waals surface area contributed by atoms with Crippen LogP contribution in [0, 0.1) is 11.7 Å². The van der Waals surface area contributed by atoms with E-state index < -0.39 is 39.4 Å². The van der Waals surface area contributed by atoms with Crippen molar-refractivity contribution in [1.29, 1.82) is 0 Å². The summed E-state index contributed by atoms with van der Waals surface area (Å²) in [5.74, 6) is -0.673. The second kappa shape index (κ2) is 14.4. The van der Waals surface area contributed by atoms with Gasteiger partial charge in [-0.2, -0.15) is 0 Å². The fourth-order valence-corrected chi connectivity index (χ4v) is 7.88. The zero-order chi connectivity index (χ0) is 36.7. The van der Waals surface area contributed by atoms with Crippen LogP contribution in [-0.4, -0.2) is 58.1 Å². The summed E-state index contributed by atoms with van der Waals surface area (Å²) in [6.07, 6.45) is 2.19. The van der Waals surface area contributed by atoms with Crippen LogP contribution in [0.2, 0.25) is 6.32 Å². The second-order valence-electron chi connectivity index (χ2n) is 15.0. The van der Waals surface area contributed by atoms with Crippen molar-refractivity contribution in [2.45, 2.75) is 89.7 Å². The zero-order valence-corrected chi connectivity index (χ0v) is 31.3. The molecule has 0 radical (unpaired) electrons. The van der Waals surface area contributed by atoms with E-state index in [-0.39, 0.29) is 36.7 Å². The number of nitrogens with one attached hydrogen (secondary N) is 1. The summed E-state index contributed by atoms with van der Waals surface area (Å²) in [6.45, 7) is 12.1. The van der Waals surface area contributed by atoms with Gasteiger partial charge in [-0.05, 0) is 114 Å². The van der Waals surface area contributed by atoms with E-state index in [2.05, 4.69) is 5.32 Å². The van der Waals surface area contributed by atoms with Crippen molar-refractivity contribution in [3.8, 4) is 11.3 Å². The van der Waals surface area contributed by atoms with Crippen LogP contribution in [0.3, 0.4) is 0 Å². The van der Waals surface area contributed by atoms with Gasteiger partial charge in [-0.15, -0.1) is 0 Å². The Morgan fingerprint density at radius 2 is 1.67 bits per heavy atom. The first-order valence-electron chi connectivity index (χ1n) is 17.7. The van der Waals surface area contributed by atoms with E-state index in [4.69, 9.17) is 18.5 Å². The molecule has 2 aliphatic rings. The van der Waals surface area contributed by atoms with Crippen LogP contribution in [-0.2, 0) is 30.7 Å². The van der Waals surface area contributed by atoms with Gasteiger partial charge in [-0.25, -0.2) is 12.8 Å². The van der Waals surface area contributed by atoms with Crippen LogP contribution < -0.4 is 9.62 Å². The Balaban J connectivity index is 1.43. The van der Waals surface area contributed by atoms with Gasteiger partial charge in [-0.3, -0.25) is 9.10 Å². The highest BCUT2D eigenvalue weighted by molar-refractivity contribution is 7.93. The van der Waals surface area contributed by atoms with Gasteiger partial charge in [0, 0.05) is 30.6 Å². The molecule has 1 N–H and O–H groups in total. The molecule has 2 fully saturated rings. The third-order valence-electron chi connectivity index (χ3n) is 10.3. The number of hydrogen-bond donors (Lipinski definition) is 1. The minimum atomic E-state index is -3.89. The lowest BCUT2D eigenvalue weighted by Crippen LogP contribution is -2.42. The fourth-order valence-electron chi connectivity index (χ4n) is 6.52. The first kappa shape index (κ1) is 37.1. The van der Waals surface area contributed by atoms with E-state index >= 15 is 0 Å². The molecule has 4 aromatic rings. The molecule has 272 valence electrons. The average molecular weight is 719 g/mol. The quantitative estimate of drug-likeness (QED) is 0.132. The van der Waals surface area contributed by atoms with Gasteiger partial charge < -0.3 is 23.8 Å². The number of ether oxygens (including phenoxy) is 1. The molecule has 0 bridgehead atoms. The van der Waals surface area contributed by atoms with E-state index in [0.717, 1.165) is 24.0 Å². The molecule has 1 unspecified atom stereocenters. The fraction of sp³-hybridized carbons (Fsp3) is 0.462. The number of rotatable bonds is 14. The van der Waals surface area contributed by atoms with E-state index in [9.17, 15) is 17.6 Å². The van der Waals surface area contributed by atoms with E-state index in [1.165, 1.54) is 16.4 Å². The molecule has 1 atom stereocenters. The molecule has 51 heavy (non-hydrogen) atoms. The van der Waals surface area contributed by atoms with Gasteiger partial charge >= 0.3 is 7.12 Å². The molecule has 6 rings (SSSR count). The lowest BCUT2D eigenvalue weighted by Gasteiger charge is -2.32. The van der Waals surface area contributed by atoms with Crippen LogP contribution in [0.4, 0.5) is 10.1 Å². The Kier molecular flexibility index (Phi) is 10.4. The maximum atomic E-state index is 14.4. The number of hydrogen-bond acceptors (Lipinski definition) is 7. The van der Waals surface area contributed by atoms with Gasteiger partial charge in [0.1, 0.15) is 17.2 Å². The largest absolute Gasteiger partial charge is 0.458 e. The molecule has 0 spiro atoms. The predicted octanol–water partition coefficient (Wildman–Crippen LogP) is 7.95. The number of fused-ring (bicyclic) bond motifs is 1. The van der Waals surface area contributed by atoms with Crippen molar-refractivity contribution in [2.75, 3.05) is 24.5 Å². The average Bonchev–Trinajstić information content (AvgIpc) is 3.82. The SMILES string of the molecule is CNC(=O)c1c(-c2ccc(F)cc2)oc2cc(N(CC(COCc3ccccc3)CB3OC(C)(C)C(C)(C)O3)S(=O)(=O)C(C)C)c(C3CC3)cc12. The monoisotopic (exact) mass is 718 g/mol. The lowest BCUT2D eigenvalue weighted by atomic mass is 9.77. The summed E-state index contributed by atoms with van der Waals surface area (Å²) in [5.41, 5.74) is 2.48. The van der Waals surface area contributed by atoms with Crippen LogP contribution in [0.1, 0.15) is 81.8 Å². The third-order valence-corrected chi connectivity index (χ3v) is 12.5. The highest BCUT2D eigenvalue weighted by Gasteiger charge is 2.51. The minimum Gasteiger partial charge on any atom is -0.455 e. The molecule has 1 amide bonds. The standard InChI is InChI=1S/C39H48BFN2O7S/c1-25(2)51(45,46)43(22-27(24-47-23-26-11-9-8-10-12-26)21-40-49-38(3,4)39(5,6)50-40)33-20-34-32(19-31(33)28-13-14-28)35(37(44)42-7)36(48-34)29-15-17-30(41)18-16-29/h8-12,15-20,25,27-28H,13-14,21-24H2,1-7H3,(H,42,44). The summed E-state index contributed by atoms with van der Waals surface area (Å²) in [4.78, 5) is 13.3. The summed E-state index contributed by atoms with van der Waals surface area (Å²) >= 11 is 0. The Morgan fingerprint density at radius 3 is 2.25 bits per heavy atom. The number of amides is 1. The van der Waals surface area contributed by atoms with Gasteiger partial charge in [-0.1, -0.05) is 30.3 Å². The first-order valence-corrected chi connectivity index (χ1v) is 19.2. The second-order valence-corrected chi connectivity index (χ2v) is 17.4. The molecule has 1 saturated carbocycles. The lowest BCUT2D eigenvalue weighted by molar-refractivity contribution is 0.00578. The predicted molar refractivity (Wildman–Crippen MR) is 199 cm³/mol. The Hall–Kier alpha value is -3.71. The summed E-state index contributed by atoms with van der Waals surface area (Å²) in [6, 6.07) is 19.3. The molecular weight excluding hydrogens is 670 g/mol. The van der Waals surface area contributed by atoms with Crippen molar-refractivity contribution in [2.24, 2.45) is 5.92 Å². The van der Waals surface area contributed by atoms with Crippen LogP contribution in [0.5, 0.6) is 0 Å². The zero-order valence-electron chi connectivity index (χ0n) is 30.5. The molecule has 2 heterocycles. The van der Waals surface area contributed by atoms with Crippen LogP contribution >= 0.6 is 0 Å². The minimum absolute atomic E-state index is 0.110. The molecule has 1 aliphatic carbocycles. The first-order chi connectivity index (χ1) is 24.1. The molecule has 1 saturated heterocycles. The van der Waals surface area contributed by atoms with Gasteiger partial charge in [0.25, 0.3) is 5.91 Å². The van der Waals surface area contributed by atoms with Crippen molar-refractivity contribution >= 4 is 39.7 Å². The highest BCUT2D eigenvalue weighted by atomic mass is 32.2. The Labute approximate surface area is 301 Å². The van der Waals surface area contributed by atoms with Gasteiger partial charge in [0.15, 0.2) is 0 Å². The van der Waals surface area contributed by atoms with Crippen molar-refractivity contribution in [1.82, 2.24) is 5.32 Å². The van der Waals surface area contributed by atoms with E-state index in [1.807, 2.05) is 64.1 Å². The van der Waals surface area contributed by atoms with E-state index in [0.29, 0.717) is 40.7 Å². The molecular formula is C39H48BFN2O7S. The highest BCUT2D eigenvalue weighted by Crippen LogP contribution is 2.49. The summed E-state index contributed by atoms with van der Waals surface area (Å²) in [7, 11) is -2.91. The maximum absolute atomic E-state index is 14.4. The number of sulfonamides is 1.